The molecule has 1 heterocycles. The van der Waals surface area contributed by atoms with E-state index in [1.54, 1.807) is 0 Å². The molecule has 1 aromatic carbocycles. The van der Waals surface area contributed by atoms with E-state index in [0.717, 1.165) is 13.0 Å². The highest BCUT2D eigenvalue weighted by molar-refractivity contribution is 5.96. The van der Waals surface area contributed by atoms with Gasteiger partial charge in [0.1, 0.15) is 17.3 Å². The van der Waals surface area contributed by atoms with Crippen LogP contribution in [0.2, 0.25) is 0 Å². The number of benzene rings is 1. The third-order valence-corrected chi connectivity index (χ3v) is 4.77. The Morgan fingerprint density at radius 2 is 2.00 bits per heavy atom. The van der Waals surface area contributed by atoms with Crippen molar-refractivity contribution in [2.24, 2.45) is 5.92 Å². The van der Waals surface area contributed by atoms with Crippen LogP contribution >= 0.6 is 0 Å². The van der Waals surface area contributed by atoms with Crippen molar-refractivity contribution in [2.75, 3.05) is 0 Å². The third kappa shape index (κ3) is 3.57. The topological polar surface area (TPSA) is 30.0 Å². The van der Waals surface area contributed by atoms with Gasteiger partial charge >= 0.3 is 0 Å². The van der Waals surface area contributed by atoms with Crippen molar-refractivity contribution >= 4 is 5.78 Å². The number of alkyl halides is 2. The van der Waals surface area contributed by atoms with Gasteiger partial charge in [0.15, 0.2) is 5.78 Å². The minimum atomic E-state index is -3.17. The fourth-order valence-corrected chi connectivity index (χ4v) is 3.34. The monoisotopic (exact) mass is 351 g/mol. The average Bonchev–Trinajstić information content (AvgIpc) is 2.53. The molecule has 132 valence electrons. The lowest BCUT2D eigenvalue weighted by atomic mass is 9.67. The van der Waals surface area contributed by atoms with Gasteiger partial charge in [-0.2, -0.15) is 0 Å². The van der Waals surface area contributed by atoms with Crippen molar-refractivity contribution < 1.29 is 22.4 Å². The summed E-state index contributed by atoms with van der Waals surface area (Å²) >= 11 is 0. The second-order valence-corrected chi connectivity index (χ2v) is 6.53. The van der Waals surface area contributed by atoms with E-state index in [4.69, 9.17) is 0 Å². The number of carbonyl (C=O) groups excluding carboxylic acids is 1. The molecule has 3 rings (SSSR count). The minimum Gasteiger partial charge on any atom is -0.292 e. The number of aromatic nitrogens is 1. The summed E-state index contributed by atoms with van der Waals surface area (Å²) in [6.45, 7) is 0.723. The van der Waals surface area contributed by atoms with E-state index in [1.165, 1.54) is 30.5 Å². The zero-order chi connectivity index (χ0) is 18.2. The molecule has 1 saturated carbocycles. The molecule has 2 aromatic rings. The lowest BCUT2D eigenvalue weighted by Gasteiger charge is -2.37. The SMILES string of the molecule is CC(F)(F)c1cccnc1C(=O)C[C@@H]1CC[C@@H]1c1ccc(F)cc1F. The van der Waals surface area contributed by atoms with Crippen LogP contribution in [-0.4, -0.2) is 10.8 Å². The van der Waals surface area contributed by atoms with Crippen LogP contribution in [0.1, 0.15) is 53.7 Å². The van der Waals surface area contributed by atoms with E-state index >= 15 is 0 Å². The molecule has 0 bridgehead atoms. The Kier molecular flexibility index (Phi) is 4.62. The van der Waals surface area contributed by atoms with Gasteiger partial charge in [0.05, 0.1) is 0 Å². The molecule has 2 nitrogen and oxygen atoms in total. The number of hydrogen-bond donors (Lipinski definition) is 0. The van der Waals surface area contributed by atoms with Crippen LogP contribution in [-0.2, 0) is 5.92 Å². The number of hydrogen-bond acceptors (Lipinski definition) is 2. The van der Waals surface area contributed by atoms with Crippen molar-refractivity contribution in [2.45, 2.75) is 38.0 Å². The molecule has 0 radical (unpaired) electrons. The van der Waals surface area contributed by atoms with Gasteiger partial charge in [-0.3, -0.25) is 9.78 Å². The summed E-state index contributed by atoms with van der Waals surface area (Å²) < 4.78 is 54.3. The van der Waals surface area contributed by atoms with Gasteiger partial charge < -0.3 is 0 Å². The first-order chi connectivity index (χ1) is 11.8. The Morgan fingerprint density at radius 1 is 1.24 bits per heavy atom. The van der Waals surface area contributed by atoms with Crippen molar-refractivity contribution in [3.8, 4) is 0 Å². The zero-order valence-electron chi connectivity index (χ0n) is 13.6. The van der Waals surface area contributed by atoms with Gasteiger partial charge in [-0.05, 0) is 48.4 Å². The molecule has 1 aliphatic rings. The van der Waals surface area contributed by atoms with E-state index in [1.807, 2.05) is 0 Å². The standard InChI is InChI=1S/C19H17F4NO/c1-19(22,23)15-3-2-8-24-18(15)17(25)9-11-4-6-13(11)14-7-5-12(20)10-16(14)21/h2-3,5,7-8,10-11,13H,4,6,9H2,1H3/t11-,13-/m0/s1. The van der Waals surface area contributed by atoms with Crippen molar-refractivity contribution in [1.82, 2.24) is 4.98 Å². The van der Waals surface area contributed by atoms with E-state index in [0.29, 0.717) is 18.4 Å². The lowest BCUT2D eigenvalue weighted by molar-refractivity contribution is 0.0158. The number of carbonyl (C=O) groups is 1. The smallest absolute Gasteiger partial charge is 0.272 e. The normalized spacial score (nSPS) is 20.2. The minimum absolute atomic E-state index is 0.0155. The summed E-state index contributed by atoms with van der Waals surface area (Å²) in [7, 11) is 0. The summed E-state index contributed by atoms with van der Waals surface area (Å²) in [5, 5.41) is 0. The Balaban J connectivity index is 1.78. The molecule has 1 fully saturated rings. The number of pyridine rings is 1. The van der Waals surface area contributed by atoms with E-state index in [-0.39, 0.29) is 24.0 Å². The molecule has 0 N–H and O–H groups in total. The number of rotatable bonds is 5. The fourth-order valence-electron chi connectivity index (χ4n) is 3.34. The van der Waals surface area contributed by atoms with Gasteiger partial charge in [0.25, 0.3) is 5.92 Å². The molecule has 2 atom stereocenters. The first kappa shape index (κ1) is 17.6. The summed E-state index contributed by atoms with van der Waals surface area (Å²) in [6.07, 6.45) is 2.69. The molecule has 6 heteroatoms. The molecule has 1 aromatic heterocycles. The number of ketones is 1. The average molecular weight is 351 g/mol. The predicted octanol–water partition coefficient (Wildman–Crippen LogP) is 5.24. The van der Waals surface area contributed by atoms with Crippen LogP contribution in [0.4, 0.5) is 17.6 Å². The molecule has 0 amide bonds. The molecule has 0 saturated heterocycles. The molecular formula is C19H17F4NO. The predicted molar refractivity (Wildman–Crippen MR) is 84.6 cm³/mol. The summed E-state index contributed by atoms with van der Waals surface area (Å²) in [5.74, 6) is -5.31. The van der Waals surface area contributed by atoms with Crippen molar-refractivity contribution in [3.05, 3.63) is 65.0 Å². The second-order valence-electron chi connectivity index (χ2n) is 6.53. The van der Waals surface area contributed by atoms with Crippen LogP contribution in [0.5, 0.6) is 0 Å². The molecule has 0 unspecified atom stereocenters. The van der Waals surface area contributed by atoms with Crippen molar-refractivity contribution in [3.63, 3.8) is 0 Å². The van der Waals surface area contributed by atoms with Gasteiger partial charge in [-0.25, -0.2) is 17.6 Å². The number of halogens is 4. The molecule has 1 aliphatic carbocycles. The van der Waals surface area contributed by atoms with E-state index in [2.05, 4.69) is 4.98 Å². The maximum absolute atomic E-state index is 13.9. The molecular weight excluding hydrogens is 334 g/mol. The van der Waals surface area contributed by atoms with Gasteiger partial charge in [0.2, 0.25) is 0 Å². The van der Waals surface area contributed by atoms with Crippen LogP contribution in [0.15, 0.2) is 36.5 Å². The Hall–Kier alpha value is -2.24. The largest absolute Gasteiger partial charge is 0.292 e. The highest BCUT2D eigenvalue weighted by atomic mass is 19.3. The second kappa shape index (κ2) is 6.58. The zero-order valence-corrected chi connectivity index (χ0v) is 13.6. The molecule has 0 spiro atoms. The third-order valence-electron chi connectivity index (χ3n) is 4.77. The van der Waals surface area contributed by atoms with Gasteiger partial charge in [0, 0.05) is 31.2 Å². The Bertz CT molecular complexity index is 800. The number of Topliss-reactive ketones (excluding diaryl/α,β-unsaturated/α-hetero) is 1. The van der Waals surface area contributed by atoms with Crippen LogP contribution in [0, 0.1) is 17.6 Å². The lowest BCUT2D eigenvalue weighted by Crippen LogP contribution is -2.28. The fraction of sp³-hybridized carbons (Fsp3) is 0.368. The molecule has 0 aliphatic heterocycles. The van der Waals surface area contributed by atoms with E-state index < -0.39 is 28.9 Å². The first-order valence-corrected chi connectivity index (χ1v) is 8.09. The van der Waals surface area contributed by atoms with E-state index in [9.17, 15) is 22.4 Å². The summed E-state index contributed by atoms with van der Waals surface area (Å²) in [4.78, 5) is 16.3. The van der Waals surface area contributed by atoms with Crippen LogP contribution < -0.4 is 0 Å². The highest BCUT2D eigenvalue weighted by Crippen LogP contribution is 2.46. The Morgan fingerprint density at radius 3 is 2.60 bits per heavy atom. The van der Waals surface area contributed by atoms with Crippen LogP contribution in [0.25, 0.3) is 0 Å². The first-order valence-electron chi connectivity index (χ1n) is 8.09. The maximum atomic E-state index is 13.9. The summed E-state index contributed by atoms with van der Waals surface area (Å²) in [6, 6.07) is 5.95. The summed E-state index contributed by atoms with van der Waals surface area (Å²) in [5.41, 5.74) is -0.267. The van der Waals surface area contributed by atoms with Crippen LogP contribution in [0.3, 0.4) is 0 Å². The van der Waals surface area contributed by atoms with Gasteiger partial charge in [-0.1, -0.05) is 6.07 Å². The highest BCUT2D eigenvalue weighted by Gasteiger charge is 2.37. The number of nitrogens with zero attached hydrogens (tertiary/aromatic N) is 1. The van der Waals surface area contributed by atoms with Crippen molar-refractivity contribution in [1.29, 1.82) is 0 Å². The Labute approximate surface area is 142 Å². The molecule has 25 heavy (non-hydrogen) atoms. The van der Waals surface area contributed by atoms with Gasteiger partial charge in [-0.15, -0.1) is 0 Å². The quantitative estimate of drug-likeness (QED) is 0.545. The maximum Gasteiger partial charge on any atom is 0.272 e.